The zero-order valence-corrected chi connectivity index (χ0v) is 11.0. The number of hydrogen-bond acceptors (Lipinski definition) is 4. The van der Waals surface area contributed by atoms with Crippen molar-refractivity contribution in [1.82, 2.24) is 15.2 Å². The van der Waals surface area contributed by atoms with Gasteiger partial charge in [0.05, 0.1) is 11.2 Å². The lowest BCUT2D eigenvalue weighted by Crippen LogP contribution is -2.41. The molecular formula is C12H21N3S. The molecule has 1 aromatic heterocycles. The Morgan fingerprint density at radius 1 is 1.50 bits per heavy atom. The molecule has 2 heterocycles. The molecule has 0 aliphatic carbocycles. The molecule has 1 saturated heterocycles. The van der Waals surface area contributed by atoms with Crippen LogP contribution in [0.4, 0.5) is 0 Å². The van der Waals surface area contributed by atoms with E-state index in [1.807, 2.05) is 5.51 Å². The summed E-state index contributed by atoms with van der Waals surface area (Å²) in [5, 5.41) is 3.37. The summed E-state index contributed by atoms with van der Waals surface area (Å²) in [5.41, 5.74) is 3.17. The molecule has 2 rings (SSSR count). The lowest BCUT2D eigenvalue weighted by Gasteiger charge is -2.31. The van der Waals surface area contributed by atoms with Gasteiger partial charge in [-0.05, 0) is 46.3 Å². The summed E-state index contributed by atoms with van der Waals surface area (Å²) in [4.78, 5) is 8.33. The average molecular weight is 239 g/mol. The maximum Gasteiger partial charge on any atom is 0.0797 e. The number of likely N-dealkylation sites (tertiary alicyclic amines) is 1. The highest BCUT2D eigenvalue weighted by molar-refractivity contribution is 7.09. The molecule has 90 valence electrons. The number of aryl methyl sites for hydroxylation is 1. The Bertz CT molecular complexity index is 316. The first-order chi connectivity index (χ1) is 7.79. The third-order valence-corrected chi connectivity index (χ3v) is 4.49. The predicted octanol–water partition coefficient (Wildman–Crippen LogP) is 1.68. The molecule has 0 bridgehead atoms. The molecule has 3 nitrogen and oxygen atoms in total. The molecule has 4 heteroatoms. The lowest BCUT2D eigenvalue weighted by atomic mass is 10.1. The molecule has 0 amide bonds. The maximum atomic E-state index is 4.30. The third kappa shape index (κ3) is 3.03. The Kier molecular flexibility index (Phi) is 4.32. The van der Waals surface area contributed by atoms with Gasteiger partial charge in [-0.25, -0.2) is 4.98 Å². The highest BCUT2D eigenvalue weighted by atomic mass is 32.1. The normalized spacial score (nSPS) is 19.1. The minimum absolute atomic E-state index is 0.737. The molecule has 1 aromatic rings. The van der Waals surface area contributed by atoms with Crippen molar-refractivity contribution in [2.45, 2.75) is 32.2 Å². The molecule has 0 spiro atoms. The first-order valence-electron chi connectivity index (χ1n) is 6.08. The van der Waals surface area contributed by atoms with E-state index in [2.05, 4.69) is 29.2 Å². The van der Waals surface area contributed by atoms with Gasteiger partial charge in [0, 0.05) is 17.5 Å². The van der Waals surface area contributed by atoms with Gasteiger partial charge in [0.25, 0.3) is 0 Å². The van der Waals surface area contributed by atoms with E-state index in [1.165, 1.54) is 49.5 Å². The van der Waals surface area contributed by atoms with Crippen molar-refractivity contribution in [2.24, 2.45) is 0 Å². The van der Waals surface area contributed by atoms with Gasteiger partial charge in [0.15, 0.2) is 0 Å². The van der Waals surface area contributed by atoms with Crippen LogP contribution in [-0.4, -0.2) is 42.6 Å². The SMILES string of the molecule is CNC1CCN(CCc2scnc2C)CC1. The molecule has 0 saturated carbocycles. The van der Waals surface area contributed by atoms with Gasteiger partial charge in [-0.1, -0.05) is 0 Å². The topological polar surface area (TPSA) is 28.2 Å². The van der Waals surface area contributed by atoms with Gasteiger partial charge in [0.2, 0.25) is 0 Å². The highest BCUT2D eigenvalue weighted by Crippen LogP contribution is 2.15. The van der Waals surface area contributed by atoms with Gasteiger partial charge >= 0.3 is 0 Å². The Hall–Kier alpha value is -0.450. The fourth-order valence-corrected chi connectivity index (χ4v) is 3.04. The quantitative estimate of drug-likeness (QED) is 0.866. The fraction of sp³-hybridized carbons (Fsp3) is 0.750. The van der Waals surface area contributed by atoms with E-state index in [0.29, 0.717) is 0 Å². The van der Waals surface area contributed by atoms with Crippen LogP contribution in [0.5, 0.6) is 0 Å². The van der Waals surface area contributed by atoms with Crippen molar-refractivity contribution in [3.8, 4) is 0 Å². The van der Waals surface area contributed by atoms with E-state index in [4.69, 9.17) is 0 Å². The average Bonchev–Trinajstić information content (AvgIpc) is 2.73. The predicted molar refractivity (Wildman–Crippen MR) is 69.1 cm³/mol. The van der Waals surface area contributed by atoms with Gasteiger partial charge in [-0.2, -0.15) is 0 Å². The number of piperidine rings is 1. The summed E-state index contributed by atoms with van der Waals surface area (Å²) in [6.45, 7) is 5.78. The van der Waals surface area contributed by atoms with Crippen molar-refractivity contribution >= 4 is 11.3 Å². The zero-order valence-electron chi connectivity index (χ0n) is 10.2. The van der Waals surface area contributed by atoms with Crippen molar-refractivity contribution < 1.29 is 0 Å². The number of nitrogens with zero attached hydrogens (tertiary/aromatic N) is 2. The molecule has 0 unspecified atom stereocenters. The first kappa shape index (κ1) is 12.0. The number of thiazole rings is 1. The number of aromatic nitrogens is 1. The molecule has 1 aliphatic heterocycles. The van der Waals surface area contributed by atoms with E-state index in [0.717, 1.165) is 6.04 Å². The van der Waals surface area contributed by atoms with Crippen LogP contribution in [0.1, 0.15) is 23.4 Å². The molecule has 0 atom stereocenters. The maximum absolute atomic E-state index is 4.30. The molecule has 0 radical (unpaired) electrons. The second-order valence-electron chi connectivity index (χ2n) is 4.52. The lowest BCUT2D eigenvalue weighted by molar-refractivity contribution is 0.204. The van der Waals surface area contributed by atoms with E-state index < -0.39 is 0 Å². The summed E-state index contributed by atoms with van der Waals surface area (Å²) in [6, 6.07) is 0.737. The summed E-state index contributed by atoms with van der Waals surface area (Å²) < 4.78 is 0. The standard InChI is InChI=1S/C12H21N3S/c1-10-12(16-9-14-10)5-8-15-6-3-11(13-2)4-7-15/h9,11,13H,3-8H2,1-2H3. The van der Waals surface area contributed by atoms with Gasteiger partial charge in [-0.15, -0.1) is 11.3 Å². The molecule has 1 N–H and O–H groups in total. The van der Waals surface area contributed by atoms with Crippen molar-refractivity contribution in [2.75, 3.05) is 26.7 Å². The number of hydrogen-bond donors (Lipinski definition) is 1. The Labute approximate surface area is 102 Å². The van der Waals surface area contributed by atoms with Gasteiger partial charge in [0.1, 0.15) is 0 Å². The zero-order chi connectivity index (χ0) is 11.4. The second-order valence-corrected chi connectivity index (χ2v) is 5.45. The fourth-order valence-electron chi connectivity index (χ4n) is 2.27. The van der Waals surface area contributed by atoms with E-state index in [9.17, 15) is 0 Å². The minimum Gasteiger partial charge on any atom is -0.317 e. The van der Waals surface area contributed by atoms with Crippen LogP contribution in [0.2, 0.25) is 0 Å². The summed E-state index contributed by atoms with van der Waals surface area (Å²) in [5.74, 6) is 0. The van der Waals surface area contributed by atoms with Crippen molar-refractivity contribution in [1.29, 1.82) is 0 Å². The van der Waals surface area contributed by atoms with Crippen molar-refractivity contribution in [3.05, 3.63) is 16.1 Å². The van der Waals surface area contributed by atoms with Crippen LogP contribution >= 0.6 is 11.3 Å². The van der Waals surface area contributed by atoms with Crippen molar-refractivity contribution in [3.63, 3.8) is 0 Å². The molecule has 1 fully saturated rings. The first-order valence-corrected chi connectivity index (χ1v) is 6.96. The van der Waals surface area contributed by atoms with Crippen LogP contribution in [0.3, 0.4) is 0 Å². The van der Waals surface area contributed by atoms with Crippen LogP contribution < -0.4 is 5.32 Å². The van der Waals surface area contributed by atoms with E-state index in [1.54, 1.807) is 11.3 Å². The number of rotatable bonds is 4. The monoisotopic (exact) mass is 239 g/mol. The summed E-state index contributed by atoms with van der Waals surface area (Å²) in [6.07, 6.45) is 3.75. The molecule has 16 heavy (non-hydrogen) atoms. The van der Waals surface area contributed by atoms with Crippen LogP contribution in [0.15, 0.2) is 5.51 Å². The van der Waals surface area contributed by atoms with Crippen LogP contribution in [0.25, 0.3) is 0 Å². The summed E-state index contributed by atoms with van der Waals surface area (Å²) >= 11 is 1.79. The number of nitrogens with one attached hydrogen (secondary N) is 1. The molecular weight excluding hydrogens is 218 g/mol. The highest BCUT2D eigenvalue weighted by Gasteiger charge is 2.17. The van der Waals surface area contributed by atoms with Crippen LogP contribution in [0, 0.1) is 6.92 Å². The largest absolute Gasteiger partial charge is 0.317 e. The van der Waals surface area contributed by atoms with E-state index >= 15 is 0 Å². The smallest absolute Gasteiger partial charge is 0.0797 e. The van der Waals surface area contributed by atoms with E-state index in [-0.39, 0.29) is 0 Å². The Balaban J connectivity index is 1.73. The second kappa shape index (κ2) is 5.75. The van der Waals surface area contributed by atoms with Gasteiger partial charge in [-0.3, -0.25) is 0 Å². The molecule has 0 aromatic carbocycles. The third-order valence-electron chi connectivity index (χ3n) is 3.50. The minimum atomic E-state index is 0.737. The van der Waals surface area contributed by atoms with Crippen LogP contribution in [-0.2, 0) is 6.42 Å². The summed E-state index contributed by atoms with van der Waals surface area (Å²) in [7, 11) is 2.07. The molecule has 1 aliphatic rings. The Morgan fingerprint density at radius 3 is 2.81 bits per heavy atom. The Morgan fingerprint density at radius 2 is 2.25 bits per heavy atom. The van der Waals surface area contributed by atoms with Gasteiger partial charge < -0.3 is 10.2 Å².